The molecule has 3 amide bonds. The first-order valence-electron chi connectivity index (χ1n) is 5.92. The van der Waals surface area contributed by atoms with Crippen LogP contribution < -0.4 is 5.32 Å². The van der Waals surface area contributed by atoms with Crippen molar-refractivity contribution in [2.75, 3.05) is 6.54 Å². The molecule has 2 heterocycles. The smallest absolute Gasteiger partial charge is 0.280 e. The van der Waals surface area contributed by atoms with Gasteiger partial charge in [-0.2, -0.15) is 0 Å². The Kier molecular flexibility index (Phi) is 3.09. The van der Waals surface area contributed by atoms with E-state index in [9.17, 15) is 14.4 Å². The Labute approximate surface area is 110 Å². The van der Waals surface area contributed by atoms with Crippen molar-refractivity contribution in [2.24, 2.45) is 0 Å². The summed E-state index contributed by atoms with van der Waals surface area (Å²) in [6, 6.07) is 3.12. The standard InChI is InChI=1S/C13H15N3O3/c1-13(2,3)15-9(17)7-16-11(18)8-5-4-6-14-10(8)12(16)19/h4-6H,7H2,1-3H3,(H,15,17). The Hall–Kier alpha value is -2.24. The maximum Gasteiger partial charge on any atom is 0.280 e. The van der Waals surface area contributed by atoms with E-state index in [-0.39, 0.29) is 23.7 Å². The highest BCUT2D eigenvalue weighted by atomic mass is 16.2. The zero-order chi connectivity index (χ0) is 14.2. The fourth-order valence-corrected chi connectivity index (χ4v) is 1.86. The Bertz CT molecular complexity index is 525. The van der Waals surface area contributed by atoms with Gasteiger partial charge >= 0.3 is 0 Å². The first-order valence-corrected chi connectivity index (χ1v) is 5.92. The van der Waals surface area contributed by atoms with Gasteiger partial charge in [0.1, 0.15) is 12.2 Å². The normalized spacial score (nSPS) is 14.6. The van der Waals surface area contributed by atoms with E-state index in [4.69, 9.17) is 0 Å². The van der Waals surface area contributed by atoms with Crippen LogP contribution in [0.3, 0.4) is 0 Å². The van der Waals surface area contributed by atoms with Gasteiger partial charge in [0.15, 0.2) is 0 Å². The molecule has 0 saturated heterocycles. The van der Waals surface area contributed by atoms with Gasteiger partial charge in [0.05, 0.1) is 5.56 Å². The maximum absolute atomic E-state index is 12.0. The predicted octanol–water partition coefficient (Wildman–Crippen LogP) is 0.592. The second-order valence-corrected chi connectivity index (χ2v) is 5.39. The molecule has 0 fully saturated rings. The van der Waals surface area contributed by atoms with Crippen LogP contribution in [0.2, 0.25) is 0 Å². The molecule has 0 radical (unpaired) electrons. The highest BCUT2D eigenvalue weighted by Gasteiger charge is 2.37. The second-order valence-electron chi connectivity index (χ2n) is 5.39. The average Bonchev–Trinajstić information content (AvgIpc) is 2.53. The Morgan fingerprint density at radius 1 is 1.32 bits per heavy atom. The van der Waals surface area contributed by atoms with E-state index >= 15 is 0 Å². The van der Waals surface area contributed by atoms with Crippen molar-refractivity contribution < 1.29 is 14.4 Å². The molecular weight excluding hydrogens is 246 g/mol. The fourth-order valence-electron chi connectivity index (χ4n) is 1.86. The quantitative estimate of drug-likeness (QED) is 0.790. The molecule has 0 bridgehead atoms. The summed E-state index contributed by atoms with van der Waals surface area (Å²) in [5, 5.41) is 2.71. The summed E-state index contributed by atoms with van der Waals surface area (Å²) in [7, 11) is 0. The van der Waals surface area contributed by atoms with Crippen LogP contribution >= 0.6 is 0 Å². The summed E-state index contributed by atoms with van der Waals surface area (Å²) >= 11 is 0. The third-order valence-corrected chi connectivity index (χ3v) is 2.55. The Balaban J connectivity index is 2.15. The lowest BCUT2D eigenvalue weighted by atomic mass is 10.1. The van der Waals surface area contributed by atoms with Crippen molar-refractivity contribution >= 4 is 17.7 Å². The SMILES string of the molecule is CC(C)(C)NC(=O)CN1C(=O)c2cccnc2C1=O. The third kappa shape index (κ3) is 2.62. The minimum Gasteiger partial charge on any atom is -0.350 e. The first kappa shape index (κ1) is 13.2. The molecule has 0 aliphatic carbocycles. The molecule has 1 aromatic rings. The van der Waals surface area contributed by atoms with Crippen molar-refractivity contribution in [3.8, 4) is 0 Å². The number of fused-ring (bicyclic) bond motifs is 1. The summed E-state index contributed by atoms with van der Waals surface area (Å²) in [5.74, 6) is -1.37. The van der Waals surface area contributed by atoms with E-state index in [0.29, 0.717) is 0 Å². The van der Waals surface area contributed by atoms with Gasteiger partial charge in [-0.3, -0.25) is 24.3 Å². The number of pyridine rings is 1. The van der Waals surface area contributed by atoms with Crippen molar-refractivity contribution in [1.82, 2.24) is 15.2 Å². The van der Waals surface area contributed by atoms with Gasteiger partial charge in [0, 0.05) is 11.7 Å². The van der Waals surface area contributed by atoms with E-state index in [1.165, 1.54) is 12.3 Å². The summed E-state index contributed by atoms with van der Waals surface area (Å²) in [4.78, 5) is 40.5. The number of amides is 3. The van der Waals surface area contributed by atoms with E-state index < -0.39 is 17.4 Å². The highest BCUT2D eigenvalue weighted by molar-refractivity contribution is 6.21. The van der Waals surface area contributed by atoms with Gasteiger partial charge < -0.3 is 5.32 Å². The van der Waals surface area contributed by atoms with Crippen LogP contribution in [0.1, 0.15) is 41.6 Å². The molecule has 1 aromatic heterocycles. The molecule has 0 atom stereocenters. The van der Waals surface area contributed by atoms with Crippen LogP contribution in [-0.4, -0.2) is 39.7 Å². The molecule has 0 unspecified atom stereocenters. The van der Waals surface area contributed by atoms with Gasteiger partial charge in [-0.25, -0.2) is 0 Å². The topological polar surface area (TPSA) is 79.4 Å². The fraction of sp³-hybridized carbons (Fsp3) is 0.385. The molecule has 6 heteroatoms. The monoisotopic (exact) mass is 261 g/mol. The number of imide groups is 1. The molecule has 0 aromatic carbocycles. The zero-order valence-corrected chi connectivity index (χ0v) is 11.1. The van der Waals surface area contributed by atoms with Crippen LogP contribution in [0.15, 0.2) is 18.3 Å². The molecule has 100 valence electrons. The van der Waals surface area contributed by atoms with E-state index in [1.807, 2.05) is 20.8 Å². The molecule has 19 heavy (non-hydrogen) atoms. The largest absolute Gasteiger partial charge is 0.350 e. The molecule has 0 spiro atoms. The minimum absolute atomic E-state index is 0.107. The van der Waals surface area contributed by atoms with Gasteiger partial charge in [0.2, 0.25) is 5.91 Å². The van der Waals surface area contributed by atoms with Gasteiger partial charge in [-0.15, -0.1) is 0 Å². The van der Waals surface area contributed by atoms with Crippen molar-refractivity contribution in [3.63, 3.8) is 0 Å². The van der Waals surface area contributed by atoms with Crippen LogP contribution in [-0.2, 0) is 4.79 Å². The lowest BCUT2D eigenvalue weighted by Gasteiger charge is -2.22. The molecule has 1 aliphatic heterocycles. The number of rotatable bonds is 2. The number of nitrogens with zero attached hydrogens (tertiary/aromatic N) is 2. The summed E-state index contributed by atoms with van der Waals surface area (Å²) < 4.78 is 0. The van der Waals surface area contributed by atoms with E-state index in [1.54, 1.807) is 6.07 Å². The Morgan fingerprint density at radius 3 is 2.58 bits per heavy atom. The maximum atomic E-state index is 12.0. The Morgan fingerprint density at radius 2 is 2.00 bits per heavy atom. The lowest BCUT2D eigenvalue weighted by molar-refractivity contribution is -0.122. The number of nitrogens with one attached hydrogen (secondary N) is 1. The number of aromatic nitrogens is 1. The minimum atomic E-state index is -0.523. The van der Waals surface area contributed by atoms with Crippen LogP contribution in [0.4, 0.5) is 0 Å². The summed E-state index contributed by atoms with van der Waals surface area (Å²) in [6.45, 7) is 5.20. The number of hydrogen-bond donors (Lipinski definition) is 1. The molecule has 2 rings (SSSR count). The number of carbonyl (C=O) groups is 3. The van der Waals surface area contributed by atoms with Gasteiger partial charge in [0.25, 0.3) is 11.8 Å². The summed E-state index contributed by atoms with van der Waals surface area (Å²) in [6.07, 6.45) is 1.45. The average molecular weight is 261 g/mol. The van der Waals surface area contributed by atoms with Crippen LogP contribution in [0.25, 0.3) is 0 Å². The molecule has 0 saturated carbocycles. The lowest BCUT2D eigenvalue weighted by Crippen LogP contribution is -2.47. The molecular formula is C13H15N3O3. The zero-order valence-electron chi connectivity index (χ0n) is 11.1. The second kappa shape index (κ2) is 4.46. The molecule has 1 N–H and O–H groups in total. The summed E-state index contributed by atoms with van der Waals surface area (Å²) in [5.41, 5.74) is -0.0549. The number of hydrogen-bond acceptors (Lipinski definition) is 4. The van der Waals surface area contributed by atoms with E-state index in [0.717, 1.165) is 4.90 Å². The van der Waals surface area contributed by atoms with Crippen molar-refractivity contribution in [3.05, 3.63) is 29.6 Å². The predicted molar refractivity (Wildman–Crippen MR) is 67.5 cm³/mol. The van der Waals surface area contributed by atoms with Gasteiger partial charge in [-0.1, -0.05) is 0 Å². The molecule has 1 aliphatic rings. The van der Waals surface area contributed by atoms with E-state index in [2.05, 4.69) is 10.3 Å². The first-order chi connectivity index (χ1) is 8.79. The third-order valence-electron chi connectivity index (χ3n) is 2.55. The van der Waals surface area contributed by atoms with Crippen molar-refractivity contribution in [2.45, 2.75) is 26.3 Å². The van der Waals surface area contributed by atoms with Gasteiger partial charge in [-0.05, 0) is 32.9 Å². The molecule has 6 nitrogen and oxygen atoms in total. The highest BCUT2D eigenvalue weighted by Crippen LogP contribution is 2.19. The van der Waals surface area contributed by atoms with Crippen molar-refractivity contribution in [1.29, 1.82) is 0 Å². The van der Waals surface area contributed by atoms with Crippen LogP contribution in [0, 0.1) is 0 Å². The number of carbonyl (C=O) groups excluding carboxylic acids is 3. The van der Waals surface area contributed by atoms with Crippen LogP contribution in [0.5, 0.6) is 0 Å².